The Kier molecular flexibility index (Phi) is 10.1. The van der Waals surface area contributed by atoms with Crippen molar-refractivity contribution < 1.29 is 28.8 Å². The molecule has 178 valence electrons. The van der Waals surface area contributed by atoms with Gasteiger partial charge in [-0.25, -0.2) is 0 Å². The van der Waals surface area contributed by atoms with Crippen LogP contribution in [0.15, 0.2) is 42.5 Å². The lowest BCUT2D eigenvalue weighted by Crippen LogP contribution is -2.66. The second-order valence-electron chi connectivity index (χ2n) is 8.44. The fourth-order valence-electron chi connectivity index (χ4n) is 4.10. The van der Waals surface area contributed by atoms with Crippen LogP contribution in [0.4, 0.5) is 0 Å². The molecule has 6 atom stereocenters. The number of rotatable bonds is 11. The Morgan fingerprint density at radius 3 is 2.69 bits per heavy atom. The Hall–Kier alpha value is -1.77. The molecule has 2 N–H and O–H groups in total. The molecule has 7 heteroatoms. The maximum Gasteiger partial charge on any atom is 0.217 e. The standard InChI is InChI=1S/C25H37NO6/c1-3-4-5-6-7-8-9-13-16-29-25-21(26-18(2)27)22(28)23-20(31-25)17-30-24(32-23)19-14-11-10-12-15-19/h9-15,20-25,28H,3-8,16-17H2,1-2H3,(H,26,27)/b13-9+/t20-,21-,22-,23-,24?,25-/m1/s1. The summed E-state index contributed by atoms with van der Waals surface area (Å²) in [6.07, 6.45) is 7.85. The highest BCUT2D eigenvalue weighted by Gasteiger charge is 2.50. The average Bonchev–Trinajstić information content (AvgIpc) is 2.80. The highest BCUT2D eigenvalue weighted by Crippen LogP contribution is 2.34. The predicted molar refractivity (Wildman–Crippen MR) is 121 cm³/mol. The highest BCUT2D eigenvalue weighted by molar-refractivity contribution is 5.73. The van der Waals surface area contributed by atoms with Gasteiger partial charge < -0.3 is 29.4 Å². The SMILES string of the molecule is CCCCCCC/C=C/CO[C@@H]1O[C@@H]2COC(c3ccccc3)O[C@H]2[C@H](O)[C@H]1NC(C)=O. The molecule has 2 fully saturated rings. The molecule has 0 spiro atoms. The van der Waals surface area contributed by atoms with Crippen molar-refractivity contribution in [2.24, 2.45) is 0 Å². The van der Waals surface area contributed by atoms with E-state index in [1.807, 2.05) is 36.4 Å². The zero-order valence-corrected chi connectivity index (χ0v) is 19.2. The van der Waals surface area contributed by atoms with E-state index >= 15 is 0 Å². The first kappa shape index (κ1) is 24.9. The second-order valence-corrected chi connectivity index (χ2v) is 8.44. The van der Waals surface area contributed by atoms with Crippen LogP contribution in [0.5, 0.6) is 0 Å². The Labute approximate surface area is 191 Å². The molecule has 1 unspecified atom stereocenters. The highest BCUT2D eigenvalue weighted by atomic mass is 16.7. The third kappa shape index (κ3) is 7.12. The molecule has 1 aromatic rings. The van der Waals surface area contributed by atoms with E-state index < -0.39 is 36.9 Å². The molecule has 0 radical (unpaired) electrons. The summed E-state index contributed by atoms with van der Waals surface area (Å²) in [6.45, 7) is 4.23. The summed E-state index contributed by atoms with van der Waals surface area (Å²) in [5.41, 5.74) is 0.868. The molecular formula is C25H37NO6. The molecule has 1 amide bonds. The molecule has 0 saturated carbocycles. The lowest BCUT2D eigenvalue weighted by molar-refractivity contribution is -0.343. The van der Waals surface area contributed by atoms with Crippen LogP contribution in [0.25, 0.3) is 0 Å². The lowest BCUT2D eigenvalue weighted by atomic mass is 9.95. The summed E-state index contributed by atoms with van der Waals surface area (Å²) < 4.78 is 23.8. The fourth-order valence-corrected chi connectivity index (χ4v) is 4.10. The maximum absolute atomic E-state index is 11.8. The van der Waals surface area contributed by atoms with Crippen LogP contribution in [0, 0.1) is 0 Å². The van der Waals surface area contributed by atoms with Gasteiger partial charge in [-0.1, -0.05) is 75.1 Å². The van der Waals surface area contributed by atoms with E-state index in [4.69, 9.17) is 18.9 Å². The average molecular weight is 448 g/mol. The molecule has 0 aliphatic carbocycles. The summed E-state index contributed by atoms with van der Waals surface area (Å²) in [6, 6.07) is 8.83. The van der Waals surface area contributed by atoms with Gasteiger partial charge in [-0.15, -0.1) is 0 Å². The Balaban J connectivity index is 1.53. The molecule has 0 aromatic heterocycles. The Morgan fingerprint density at radius 2 is 1.94 bits per heavy atom. The van der Waals surface area contributed by atoms with E-state index in [-0.39, 0.29) is 12.5 Å². The second kappa shape index (κ2) is 13.1. The number of allylic oxidation sites excluding steroid dienone is 1. The number of unbranched alkanes of at least 4 members (excludes halogenated alkanes) is 5. The predicted octanol–water partition coefficient (Wildman–Crippen LogP) is 3.62. The van der Waals surface area contributed by atoms with Crippen LogP contribution in [-0.4, -0.2) is 54.9 Å². The molecule has 7 nitrogen and oxygen atoms in total. The first-order valence-corrected chi connectivity index (χ1v) is 11.8. The summed E-state index contributed by atoms with van der Waals surface area (Å²) in [5, 5.41) is 13.8. The molecule has 2 aliphatic rings. The smallest absolute Gasteiger partial charge is 0.217 e. The number of carbonyl (C=O) groups excluding carboxylic acids is 1. The van der Waals surface area contributed by atoms with Gasteiger partial charge in [-0.2, -0.15) is 0 Å². The fraction of sp³-hybridized carbons (Fsp3) is 0.640. The minimum Gasteiger partial charge on any atom is -0.388 e. The molecule has 2 saturated heterocycles. The summed E-state index contributed by atoms with van der Waals surface area (Å²) in [5.74, 6) is -0.265. The summed E-state index contributed by atoms with van der Waals surface area (Å²) in [7, 11) is 0. The number of aliphatic hydroxyl groups is 1. The van der Waals surface area contributed by atoms with Crippen molar-refractivity contribution in [3.63, 3.8) is 0 Å². The quantitative estimate of drug-likeness (QED) is 0.398. The van der Waals surface area contributed by atoms with E-state index in [0.717, 1.165) is 12.0 Å². The van der Waals surface area contributed by atoms with E-state index in [9.17, 15) is 9.90 Å². The van der Waals surface area contributed by atoms with Crippen molar-refractivity contribution in [3.05, 3.63) is 48.0 Å². The van der Waals surface area contributed by atoms with Gasteiger partial charge in [-0.3, -0.25) is 4.79 Å². The van der Waals surface area contributed by atoms with Gasteiger partial charge in [0, 0.05) is 12.5 Å². The zero-order valence-electron chi connectivity index (χ0n) is 19.2. The molecule has 0 bridgehead atoms. The van der Waals surface area contributed by atoms with Crippen molar-refractivity contribution in [2.75, 3.05) is 13.2 Å². The molecule has 2 heterocycles. The number of amides is 1. The third-order valence-electron chi connectivity index (χ3n) is 5.81. The molecule has 2 aliphatic heterocycles. The number of hydrogen-bond donors (Lipinski definition) is 2. The number of fused-ring (bicyclic) bond motifs is 1. The van der Waals surface area contributed by atoms with E-state index in [2.05, 4.69) is 18.3 Å². The monoisotopic (exact) mass is 447 g/mol. The number of carbonyl (C=O) groups is 1. The van der Waals surface area contributed by atoms with Crippen LogP contribution in [0.3, 0.4) is 0 Å². The van der Waals surface area contributed by atoms with E-state index in [1.54, 1.807) is 0 Å². The molecule has 32 heavy (non-hydrogen) atoms. The van der Waals surface area contributed by atoms with Gasteiger partial charge >= 0.3 is 0 Å². The Morgan fingerprint density at radius 1 is 1.16 bits per heavy atom. The summed E-state index contributed by atoms with van der Waals surface area (Å²) >= 11 is 0. The first-order chi connectivity index (χ1) is 15.6. The largest absolute Gasteiger partial charge is 0.388 e. The van der Waals surface area contributed by atoms with Gasteiger partial charge in [0.1, 0.15) is 24.4 Å². The number of aliphatic hydroxyl groups excluding tert-OH is 1. The topological polar surface area (TPSA) is 86.2 Å². The number of ether oxygens (including phenoxy) is 4. The van der Waals surface area contributed by atoms with Crippen LogP contribution in [0.1, 0.15) is 64.2 Å². The molecular weight excluding hydrogens is 410 g/mol. The van der Waals surface area contributed by atoms with Crippen LogP contribution in [0.2, 0.25) is 0 Å². The number of hydrogen-bond acceptors (Lipinski definition) is 6. The van der Waals surface area contributed by atoms with Gasteiger partial charge in [-0.05, 0) is 12.8 Å². The molecule has 3 rings (SSSR count). The van der Waals surface area contributed by atoms with Crippen molar-refractivity contribution in [1.29, 1.82) is 0 Å². The molecule has 1 aromatic carbocycles. The van der Waals surface area contributed by atoms with Crippen molar-refractivity contribution >= 4 is 5.91 Å². The minimum absolute atomic E-state index is 0.265. The third-order valence-corrected chi connectivity index (χ3v) is 5.81. The lowest BCUT2D eigenvalue weighted by Gasteiger charge is -2.47. The van der Waals surface area contributed by atoms with E-state index in [0.29, 0.717) is 6.61 Å². The van der Waals surface area contributed by atoms with Crippen LogP contribution >= 0.6 is 0 Å². The van der Waals surface area contributed by atoms with Crippen LogP contribution < -0.4 is 5.32 Å². The van der Waals surface area contributed by atoms with Crippen molar-refractivity contribution in [1.82, 2.24) is 5.32 Å². The minimum atomic E-state index is -0.986. The van der Waals surface area contributed by atoms with Crippen molar-refractivity contribution in [3.8, 4) is 0 Å². The van der Waals surface area contributed by atoms with Crippen LogP contribution in [-0.2, 0) is 23.7 Å². The number of benzene rings is 1. The number of nitrogens with one attached hydrogen (secondary N) is 1. The van der Waals surface area contributed by atoms with Gasteiger partial charge in [0.15, 0.2) is 12.6 Å². The normalized spacial score (nSPS) is 30.2. The zero-order chi connectivity index (χ0) is 22.8. The van der Waals surface area contributed by atoms with Gasteiger partial charge in [0.25, 0.3) is 0 Å². The van der Waals surface area contributed by atoms with E-state index in [1.165, 1.54) is 39.0 Å². The maximum atomic E-state index is 11.8. The Bertz CT molecular complexity index is 712. The van der Waals surface area contributed by atoms with Gasteiger partial charge in [0.05, 0.1) is 13.2 Å². The first-order valence-electron chi connectivity index (χ1n) is 11.8. The van der Waals surface area contributed by atoms with Crippen molar-refractivity contribution in [2.45, 2.75) is 89.3 Å². The van der Waals surface area contributed by atoms with Gasteiger partial charge in [0.2, 0.25) is 5.91 Å². The summed E-state index contributed by atoms with van der Waals surface area (Å²) in [4.78, 5) is 11.8.